The molecule has 0 saturated carbocycles. The molecule has 0 radical (unpaired) electrons. The number of aromatic nitrogens is 4. The molecule has 0 aliphatic carbocycles. The third kappa shape index (κ3) is 2.40. The van der Waals surface area contributed by atoms with E-state index in [9.17, 15) is 4.79 Å². The largest absolute Gasteiger partial charge is 0.496 e. The van der Waals surface area contributed by atoms with Gasteiger partial charge in [-0.25, -0.2) is 9.78 Å². The third-order valence-corrected chi connectivity index (χ3v) is 3.89. The average molecular weight is 339 g/mol. The van der Waals surface area contributed by atoms with Crippen molar-refractivity contribution in [1.82, 2.24) is 19.5 Å². The van der Waals surface area contributed by atoms with Gasteiger partial charge in [0.1, 0.15) is 17.0 Å². The zero-order chi connectivity index (χ0) is 19.9. The number of nitrogens with one attached hydrogen (secondary N) is 1. The Bertz CT molecular complexity index is 1230. The number of aromatic amines is 1. The molecule has 3 heterocycles. The van der Waals surface area contributed by atoms with Gasteiger partial charge in [0.2, 0.25) is 0 Å². The zero-order valence-corrected chi connectivity index (χ0v) is 13.3. The molecular weight excluding hydrogens is 320 g/mol. The predicted octanol–water partition coefficient (Wildman–Crippen LogP) is 2.67. The number of rotatable bonds is 4. The van der Waals surface area contributed by atoms with Crippen LogP contribution in [0.15, 0.2) is 47.5 Å². The molecule has 0 saturated heterocycles. The highest BCUT2D eigenvalue weighted by Crippen LogP contribution is 2.29. The van der Waals surface area contributed by atoms with E-state index in [0.717, 1.165) is 0 Å². The first-order valence-corrected chi connectivity index (χ1v) is 7.68. The van der Waals surface area contributed by atoms with Crippen molar-refractivity contribution in [2.75, 3.05) is 13.6 Å². The molecule has 4 rings (SSSR count). The molecule has 0 atom stereocenters. The molecule has 1 aromatic carbocycles. The van der Waals surface area contributed by atoms with Gasteiger partial charge in [-0.1, -0.05) is 0 Å². The molecule has 0 amide bonds. The number of methoxy groups -OCH3 is 1. The summed E-state index contributed by atoms with van der Waals surface area (Å²) in [6, 6.07) is 8.22. The Balaban J connectivity index is 1.96. The van der Waals surface area contributed by atoms with Gasteiger partial charge in [-0.2, -0.15) is 0 Å². The van der Waals surface area contributed by atoms with Crippen LogP contribution in [-0.2, 0) is 0 Å². The molecule has 126 valence electrons. The lowest BCUT2D eigenvalue weighted by Crippen LogP contribution is -2.15. The summed E-state index contributed by atoms with van der Waals surface area (Å²) < 4.78 is 34.2. The molecule has 0 unspecified atom stereocenters. The normalized spacial score (nSPS) is 13.4. The zero-order valence-electron chi connectivity index (χ0n) is 16.3. The minimum absolute atomic E-state index is 0.155. The maximum atomic E-state index is 12.6. The Labute approximate surface area is 147 Å². The summed E-state index contributed by atoms with van der Waals surface area (Å²) in [6.07, 6.45) is 3.03. The van der Waals surface area contributed by atoms with Crippen molar-refractivity contribution in [2.24, 2.45) is 0 Å². The highest BCUT2D eigenvalue weighted by atomic mass is 16.5. The molecule has 0 spiro atoms. The fraction of sp³-hybridized carbons (Fsp3) is 0.167. The molecule has 0 aliphatic heterocycles. The fourth-order valence-electron chi connectivity index (χ4n) is 2.86. The Hall–Kier alpha value is -3.35. The van der Waals surface area contributed by atoms with Gasteiger partial charge in [-0.3, -0.25) is 14.5 Å². The van der Waals surface area contributed by atoms with E-state index >= 15 is 0 Å². The van der Waals surface area contributed by atoms with Gasteiger partial charge in [-0.05, 0) is 31.2 Å². The van der Waals surface area contributed by atoms with E-state index in [2.05, 4.69) is 15.0 Å². The second-order valence-corrected chi connectivity index (χ2v) is 5.32. The van der Waals surface area contributed by atoms with Crippen LogP contribution in [-0.4, -0.2) is 33.2 Å². The molecule has 7 heteroatoms. The standard InChI is InChI=1S/C18H16N4O3/c1-3-25-15-7-9-20-17-16(15)22(18(23)21-17)11-4-5-13-12(10-11)14(24-2)6-8-19-13/h4-10H,3H2,1-2H3,(H,20,21,23)/i2D3. The van der Waals surface area contributed by atoms with Gasteiger partial charge in [0, 0.05) is 23.8 Å². The van der Waals surface area contributed by atoms with Gasteiger partial charge in [0.25, 0.3) is 0 Å². The SMILES string of the molecule is [2H]C([2H])([2H])Oc1ccnc2ccc(-n3c(=O)[nH]c4nccc(OCC)c43)cc12. The van der Waals surface area contributed by atoms with Crippen molar-refractivity contribution < 1.29 is 13.6 Å². The van der Waals surface area contributed by atoms with Crippen LogP contribution in [0.1, 0.15) is 11.0 Å². The van der Waals surface area contributed by atoms with Crippen molar-refractivity contribution in [3.05, 3.63) is 53.2 Å². The van der Waals surface area contributed by atoms with Crippen molar-refractivity contribution in [2.45, 2.75) is 6.92 Å². The van der Waals surface area contributed by atoms with Crippen LogP contribution >= 0.6 is 0 Å². The van der Waals surface area contributed by atoms with Crippen LogP contribution in [0.3, 0.4) is 0 Å². The number of benzene rings is 1. The average Bonchev–Trinajstić information content (AvgIpc) is 2.97. The summed E-state index contributed by atoms with van der Waals surface area (Å²) >= 11 is 0. The first kappa shape index (κ1) is 12.1. The molecular formula is C18H16N4O3. The monoisotopic (exact) mass is 339 g/mol. The molecule has 0 bridgehead atoms. The highest BCUT2D eigenvalue weighted by Gasteiger charge is 2.15. The summed E-state index contributed by atoms with van der Waals surface area (Å²) in [5, 5.41) is 0.472. The van der Waals surface area contributed by atoms with Crippen molar-refractivity contribution >= 4 is 22.1 Å². The summed E-state index contributed by atoms with van der Waals surface area (Å²) in [7, 11) is -2.60. The number of pyridine rings is 2. The Kier molecular flexibility index (Phi) is 2.87. The van der Waals surface area contributed by atoms with Gasteiger partial charge in [0.15, 0.2) is 5.65 Å². The van der Waals surface area contributed by atoms with Gasteiger partial charge >= 0.3 is 5.69 Å². The minimum Gasteiger partial charge on any atom is -0.496 e. The van der Waals surface area contributed by atoms with Gasteiger partial charge in [0.05, 0.1) is 29.0 Å². The van der Waals surface area contributed by atoms with Gasteiger partial charge < -0.3 is 9.47 Å². The van der Waals surface area contributed by atoms with Crippen molar-refractivity contribution in [3.63, 3.8) is 0 Å². The van der Waals surface area contributed by atoms with Crippen molar-refractivity contribution in [3.8, 4) is 17.2 Å². The van der Waals surface area contributed by atoms with Crippen LogP contribution in [0, 0.1) is 0 Å². The van der Waals surface area contributed by atoms with Gasteiger partial charge in [-0.15, -0.1) is 0 Å². The molecule has 0 fully saturated rings. The number of hydrogen-bond acceptors (Lipinski definition) is 5. The Morgan fingerprint density at radius 1 is 1.20 bits per heavy atom. The molecule has 4 aromatic rings. The first-order chi connectivity index (χ1) is 13.4. The molecule has 0 aliphatic rings. The fourth-order valence-corrected chi connectivity index (χ4v) is 2.86. The van der Waals surface area contributed by atoms with Crippen LogP contribution < -0.4 is 15.2 Å². The molecule has 7 nitrogen and oxygen atoms in total. The Morgan fingerprint density at radius 3 is 2.88 bits per heavy atom. The second-order valence-electron chi connectivity index (χ2n) is 5.32. The lowest BCUT2D eigenvalue weighted by Gasteiger charge is -2.10. The van der Waals surface area contributed by atoms with Crippen LogP contribution in [0.5, 0.6) is 11.5 Å². The highest BCUT2D eigenvalue weighted by molar-refractivity contribution is 5.88. The minimum atomic E-state index is -2.60. The van der Waals surface area contributed by atoms with E-state index in [-0.39, 0.29) is 5.75 Å². The molecule has 3 aromatic heterocycles. The lowest BCUT2D eigenvalue weighted by molar-refractivity contribution is 0.343. The summed E-state index contributed by atoms with van der Waals surface area (Å²) in [6.45, 7) is 2.28. The van der Waals surface area contributed by atoms with Crippen LogP contribution in [0.25, 0.3) is 27.8 Å². The van der Waals surface area contributed by atoms with E-state index in [0.29, 0.717) is 40.1 Å². The number of hydrogen-bond donors (Lipinski definition) is 1. The number of imidazole rings is 1. The van der Waals surface area contributed by atoms with E-state index in [1.165, 1.54) is 16.8 Å². The second kappa shape index (κ2) is 5.94. The van der Waals surface area contributed by atoms with Crippen LogP contribution in [0.2, 0.25) is 0 Å². The quantitative estimate of drug-likeness (QED) is 0.618. The smallest absolute Gasteiger partial charge is 0.332 e. The summed E-state index contributed by atoms with van der Waals surface area (Å²) in [5.41, 5.74) is 1.54. The Morgan fingerprint density at radius 2 is 2.04 bits per heavy atom. The number of ether oxygens (including phenoxy) is 2. The summed E-state index contributed by atoms with van der Waals surface area (Å²) in [5.74, 6) is 0.666. The number of fused-ring (bicyclic) bond motifs is 2. The number of nitrogens with zero attached hydrogens (tertiary/aromatic N) is 3. The summed E-state index contributed by atoms with van der Waals surface area (Å²) in [4.78, 5) is 23.7. The lowest BCUT2D eigenvalue weighted by atomic mass is 10.2. The van der Waals surface area contributed by atoms with E-state index in [4.69, 9.17) is 13.6 Å². The third-order valence-electron chi connectivity index (χ3n) is 3.89. The number of H-pyrrole nitrogens is 1. The molecule has 1 N–H and O–H groups in total. The van der Waals surface area contributed by atoms with E-state index in [1.807, 2.05) is 6.92 Å². The topological polar surface area (TPSA) is 82.0 Å². The van der Waals surface area contributed by atoms with Crippen LogP contribution in [0.4, 0.5) is 0 Å². The maximum Gasteiger partial charge on any atom is 0.332 e. The van der Waals surface area contributed by atoms with E-state index < -0.39 is 12.7 Å². The van der Waals surface area contributed by atoms with E-state index in [1.54, 1.807) is 30.5 Å². The van der Waals surface area contributed by atoms with Crippen molar-refractivity contribution in [1.29, 1.82) is 0 Å². The first-order valence-electron chi connectivity index (χ1n) is 9.18. The predicted molar refractivity (Wildman–Crippen MR) is 94.7 cm³/mol. The molecule has 25 heavy (non-hydrogen) atoms. The maximum absolute atomic E-state index is 12.6.